The standard InChI is InChI=1S/C21H19ClN4O5S/c1-21(2,3)31-20(28)23-13-6-4-12(5-7-13)17-11-32-19(24-17)25-18(27)15-10-14(26(29)30)8-9-16(15)22/h4-11H,1-3H3,(H,23,28)(H,24,25,27). The molecule has 0 spiro atoms. The molecule has 0 aliphatic heterocycles. The first-order valence-corrected chi connectivity index (χ1v) is 10.6. The lowest BCUT2D eigenvalue weighted by molar-refractivity contribution is -0.384. The summed E-state index contributed by atoms with van der Waals surface area (Å²) < 4.78 is 5.21. The topological polar surface area (TPSA) is 123 Å². The third kappa shape index (κ3) is 6.02. The molecule has 2 amide bonds. The minimum atomic E-state index is -0.601. The number of halogens is 1. The van der Waals surface area contributed by atoms with Crippen LogP contribution in [0, 0.1) is 10.1 Å². The molecule has 0 bridgehead atoms. The van der Waals surface area contributed by atoms with Gasteiger partial charge in [0.05, 0.1) is 21.2 Å². The average molecular weight is 475 g/mol. The molecule has 0 aliphatic rings. The Kier molecular flexibility index (Phi) is 6.75. The summed E-state index contributed by atoms with van der Waals surface area (Å²) in [5.41, 5.74) is 1.09. The van der Waals surface area contributed by atoms with Crippen molar-refractivity contribution in [1.29, 1.82) is 0 Å². The van der Waals surface area contributed by atoms with E-state index in [2.05, 4.69) is 15.6 Å². The van der Waals surface area contributed by atoms with Gasteiger partial charge in [0, 0.05) is 28.8 Å². The van der Waals surface area contributed by atoms with E-state index in [0.29, 0.717) is 16.5 Å². The lowest BCUT2D eigenvalue weighted by Crippen LogP contribution is -2.27. The van der Waals surface area contributed by atoms with E-state index in [-0.39, 0.29) is 16.3 Å². The number of nitro groups is 1. The van der Waals surface area contributed by atoms with E-state index in [0.717, 1.165) is 11.6 Å². The predicted molar refractivity (Wildman–Crippen MR) is 123 cm³/mol. The monoisotopic (exact) mass is 474 g/mol. The molecular weight excluding hydrogens is 456 g/mol. The van der Waals surface area contributed by atoms with E-state index in [1.54, 1.807) is 50.4 Å². The highest BCUT2D eigenvalue weighted by atomic mass is 35.5. The normalized spacial score (nSPS) is 11.0. The smallest absolute Gasteiger partial charge is 0.412 e. The van der Waals surface area contributed by atoms with E-state index < -0.39 is 22.5 Å². The van der Waals surface area contributed by atoms with E-state index >= 15 is 0 Å². The van der Waals surface area contributed by atoms with Crippen molar-refractivity contribution in [1.82, 2.24) is 4.98 Å². The zero-order valence-corrected chi connectivity index (χ0v) is 18.9. The number of amides is 2. The van der Waals surface area contributed by atoms with Crippen LogP contribution in [0.1, 0.15) is 31.1 Å². The highest BCUT2D eigenvalue weighted by Crippen LogP contribution is 2.28. The number of non-ortho nitro benzene ring substituents is 1. The number of aromatic nitrogens is 1. The maximum absolute atomic E-state index is 12.5. The number of benzene rings is 2. The Hall–Kier alpha value is -3.50. The number of hydrogen-bond acceptors (Lipinski definition) is 7. The van der Waals surface area contributed by atoms with Crippen molar-refractivity contribution in [2.45, 2.75) is 26.4 Å². The minimum Gasteiger partial charge on any atom is -0.444 e. The Labute approximate surface area is 192 Å². The van der Waals surface area contributed by atoms with Crippen molar-refractivity contribution in [3.05, 3.63) is 68.5 Å². The number of ether oxygens (including phenoxy) is 1. The van der Waals surface area contributed by atoms with Crippen LogP contribution in [-0.2, 0) is 4.74 Å². The fourth-order valence-electron chi connectivity index (χ4n) is 2.57. The van der Waals surface area contributed by atoms with E-state index in [9.17, 15) is 19.7 Å². The SMILES string of the molecule is CC(C)(C)OC(=O)Nc1ccc(-c2csc(NC(=O)c3cc([N+](=O)[O-])ccc3Cl)n2)cc1. The fraction of sp³-hybridized carbons (Fsp3) is 0.190. The van der Waals surface area contributed by atoms with Gasteiger partial charge in [0.2, 0.25) is 0 Å². The Morgan fingerprint density at radius 1 is 1.12 bits per heavy atom. The van der Waals surface area contributed by atoms with E-state index in [1.807, 2.05) is 0 Å². The lowest BCUT2D eigenvalue weighted by Gasteiger charge is -2.19. The number of hydrogen-bond donors (Lipinski definition) is 2. The molecule has 2 aromatic carbocycles. The van der Waals surface area contributed by atoms with Crippen LogP contribution in [-0.4, -0.2) is 27.5 Å². The number of anilines is 2. The molecule has 166 valence electrons. The minimum absolute atomic E-state index is 0.0183. The quantitative estimate of drug-likeness (QED) is 0.346. The molecule has 3 rings (SSSR count). The molecule has 0 fully saturated rings. The van der Waals surface area contributed by atoms with Gasteiger partial charge in [0.15, 0.2) is 5.13 Å². The summed E-state index contributed by atoms with van der Waals surface area (Å²) >= 11 is 7.21. The molecule has 0 aliphatic carbocycles. The molecule has 0 saturated heterocycles. The highest BCUT2D eigenvalue weighted by molar-refractivity contribution is 7.14. The first-order valence-electron chi connectivity index (χ1n) is 9.33. The molecule has 9 nitrogen and oxygen atoms in total. The van der Waals surface area contributed by atoms with Crippen LogP contribution in [0.15, 0.2) is 47.8 Å². The van der Waals surface area contributed by atoms with Crippen molar-refractivity contribution >= 4 is 51.4 Å². The summed E-state index contributed by atoms with van der Waals surface area (Å²) in [5, 5.41) is 18.3. The highest BCUT2D eigenvalue weighted by Gasteiger charge is 2.18. The maximum atomic E-state index is 12.5. The second-order valence-corrected chi connectivity index (χ2v) is 8.88. The Bertz CT molecular complexity index is 1170. The Morgan fingerprint density at radius 2 is 1.81 bits per heavy atom. The first kappa shape index (κ1) is 23.2. The summed E-state index contributed by atoms with van der Waals surface area (Å²) in [4.78, 5) is 39.1. The number of thiazole rings is 1. The number of rotatable bonds is 5. The van der Waals surface area contributed by atoms with Crippen LogP contribution in [0.3, 0.4) is 0 Å². The van der Waals surface area contributed by atoms with Gasteiger partial charge >= 0.3 is 6.09 Å². The Morgan fingerprint density at radius 3 is 2.44 bits per heavy atom. The molecule has 11 heteroatoms. The molecule has 0 radical (unpaired) electrons. The largest absolute Gasteiger partial charge is 0.444 e. The summed E-state index contributed by atoms with van der Waals surface area (Å²) in [6, 6.07) is 10.6. The molecule has 0 saturated carbocycles. The maximum Gasteiger partial charge on any atom is 0.412 e. The van der Waals surface area contributed by atoms with Crippen LogP contribution in [0.4, 0.5) is 21.3 Å². The summed E-state index contributed by atoms with van der Waals surface area (Å²) in [5.74, 6) is -0.600. The zero-order valence-electron chi connectivity index (χ0n) is 17.3. The molecule has 2 N–H and O–H groups in total. The predicted octanol–water partition coefficient (Wildman–Crippen LogP) is 5.97. The molecule has 0 unspecified atom stereocenters. The number of nitrogens with one attached hydrogen (secondary N) is 2. The molecule has 0 atom stereocenters. The number of nitro benzene ring substituents is 1. The molecule has 32 heavy (non-hydrogen) atoms. The summed E-state index contributed by atoms with van der Waals surface area (Å²) in [6.45, 7) is 5.34. The van der Waals surface area contributed by atoms with Crippen LogP contribution < -0.4 is 10.6 Å². The number of nitrogens with zero attached hydrogens (tertiary/aromatic N) is 2. The van der Waals surface area contributed by atoms with Crippen molar-refractivity contribution in [2.75, 3.05) is 10.6 Å². The number of carbonyl (C=O) groups is 2. The van der Waals surface area contributed by atoms with Crippen LogP contribution >= 0.6 is 22.9 Å². The van der Waals surface area contributed by atoms with Gasteiger partial charge in [-0.15, -0.1) is 11.3 Å². The molecule has 1 aromatic heterocycles. The van der Waals surface area contributed by atoms with Gasteiger partial charge < -0.3 is 4.74 Å². The molecule has 1 heterocycles. The van der Waals surface area contributed by atoms with E-state index in [4.69, 9.17) is 16.3 Å². The van der Waals surface area contributed by atoms with E-state index in [1.165, 1.54) is 23.5 Å². The summed E-state index contributed by atoms with van der Waals surface area (Å²) in [7, 11) is 0. The van der Waals surface area contributed by atoms with Gasteiger partial charge in [0.1, 0.15) is 5.60 Å². The van der Waals surface area contributed by atoms with Gasteiger partial charge in [-0.1, -0.05) is 23.7 Å². The second-order valence-electron chi connectivity index (χ2n) is 7.62. The van der Waals surface area contributed by atoms with Crippen molar-refractivity contribution in [3.8, 4) is 11.3 Å². The molecule has 3 aromatic rings. The van der Waals surface area contributed by atoms with Gasteiger partial charge in [0.25, 0.3) is 11.6 Å². The first-order chi connectivity index (χ1) is 15.0. The van der Waals surface area contributed by atoms with Gasteiger partial charge in [-0.2, -0.15) is 0 Å². The summed E-state index contributed by atoms with van der Waals surface area (Å²) in [6.07, 6.45) is -0.552. The fourth-order valence-corrected chi connectivity index (χ4v) is 3.49. The van der Waals surface area contributed by atoms with Gasteiger partial charge in [-0.25, -0.2) is 9.78 Å². The van der Waals surface area contributed by atoms with Crippen molar-refractivity contribution in [2.24, 2.45) is 0 Å². The zero-order chi connectivity index (χ0) is 23.5. The van der Waals surface area contributed by atoms with Crippen LogP contribution in [0.5, 0.6) is 0 Å². The second kappa shape index (κ2) is 9.33. The Balaban J connectivity index is 1.68. The van der Waals surface area contributed by atoms with Crippen LogP contribution in [0.2, 0.25) is 5.02 Å². The van der Waals surface area contributed by atoms with Gasteiger partial charge in [-0.3, -0.25) is 25.5 Å². The lowest BCUT2D eigenvalue weighted by atomic mass is 10.1. The third-order valence-corrected chi connectivity index (χ3v) is 5.04. The average Bonchev–Trinajstić information content (AvgIpc) is 3.15. The third-order valence-electron chi connectivity index (χ3n) is 3.96. The van der Waals surface area contributed by atoms with Crippen molar-refractivity contribution in [3.63, 3.8) is 0 Å². The van der Waals surface area contributed by atoms with Crippen molar-refractivity contribution < 1.29 is 19.2 Å². The molecular formula is C21H19ClN4O5S. The number of carbonyl (C=O) groups excluding carboxylic acids is 2. The van der Waals surface area contributed by atoms with Gasteiger partial charge in [-0.05, 0) is 39.0 Å². The van der Waals surface area contributed by atoms with Crippen LogP contribution in [0.25, 0.3) is 11.3 Å².